The monoisotopic (exact) mass is 758 g/mol. The lowest BCUT2D eigenvalue weighted by molar-refractivity contribution is -0.313. The van der Waals surface area contributed by atoms with Gasteiger partial charge in [-0.05, 0) is 104 Å². The van der Waals surface area contributed by atoms with E-state index in [0.717, 1.165) is 32.1 Å². The summed E-state index contributed by atoms with van der Waals surface area (Å²) >= 11 is 0. The smallest absolute Gasteiger partial charge is 0.186 e. The summed E-state index contributed by atoms with van der Waals surface area (Å²) in [4.78, 5) is 0. The van der Waals surface area contributed by atoms with Gasteiger partial charge in [0, 0.05) is 0 Å². The molecule has 306 valence electrons. The lowest BCUT2D eigenvalue weighted by Crippen LogP contribution is -2.60. The van der Waals surface area contributed by atoms with Crippen LogP contribution in [0, 0.1) is 46.3 Å². The first kappa shape index (κ1) is 41.8. The van der Waals surface area contributed by atoms with Crippen LogP contribution in [0.4, 0.5) is 0 Å². The molecule has 0 spiro atoms. The molecule has 2 aliphatic heterocycles. The van der Waals surface area contributed by atoms with Crippen molar-refractivity contribution in [3.63, 3.8) is 0 Å². The van der Waals surface area contributed by atoms with Crippen LogP contribution in [0.3, 0.4) is 0 Å². The predicted octanol–water partition coefficient (Wildman–Crippen LogP) is -0.0489. The van der Waals surface area contributed by atoms with Crippen molar-refractivity contribution in [3.8, 4) is 0 Å². The summed E-state index contributed by atoms with van der Waals surface area (Å²) in [7, 11) is 0. The molecule has 6 aliphatic rings. The second-order valence-electron chi connectivity index (χ2n) is 18.0. The molecule has 0 amide bonds. The summed E-state index contributed by atoms with van der Waals surface area (Å²) in [6.45, 7) is 7.87. The van der Waals surface area contributed by atoms with Gasteiger partial charge in [0.2, 0.25) is 0 Å². The van der Waals surface area contributed by atoms with E-state index in [4.69, 9.17) is 18.9 Å². The van der Waals surface area contributed by atoms with Crippen molar-refractivity contribution in [2.24, 2.45) is 46.3 Å². The van der Waals surface area contributed by atoms with E-state index in [1.54, 1.807) is 0 Å². The third-order valence-corrected chi connectivity index (χ3v) is 14.9. The predicted molar refractivity (Wildman–Crippen MR) is 189 cm³/mol. The number of aliphatic hydroxyl groups is 10. The minimum atomic E-state index is -1.50. The van der Waals surface area contributed by atoms with Crippen LogP contribution >= 0.6 is 0 Å². The van der Waals surface area contributed by atoms with Crippen LogP contribution in [0.1, 0.15) is 85.5 Å². The normalized spacial score (nSPS) is 50.3. The maximum atomic E-state index is 11.6. The maximum absolute atomic E-state index is 11.6. The van der Waals surface area contributed by atoms with E-state index in [-0.39, 0.29) is 41.3 Å². The van der Waals surface area contributed by atoms with Gasteiger partial charge in [-0.15, -0.1) is 0 Å². The van der Waals surface area contributed by atoms with Gasteiger partial charge in [0.25, 0.3) is 0 Å². The van der Waals surface area contributed by atoms with Gasteiger partial charge in [0.1, 0.15) is 48.8 Å². The molecule has 2 heterocycles. The highest BCUT2D eigenvalue weighted by Crippen LogP contribution is 2.67. The zero-order valence-corrected chi connectivity index (χ0v) is 31.6. The van der Waals surface area contributed by atoms with Crippen molar-refractivity contribution in [1.82, 2.24) is 0 Å². The largest absolute Gasteiger partial charge is 0.394 e. The Balaban J connectivity index is 1.04. The first-order valence-corrected chi connectivity index (χ1v) is 20.0. The molecule has 0 unspecified atom stereocenters. The fourth-order valence-electron chi connectivity index (χ4n) is 11.6. The van der Waals surface area contributed by atoms with Crippen molar-refractivity contribution in [2.45, 2.75) is 165 Å². The second-order valence-corrected chi connectivity index (χ2v) is 18.0. The molecule has 14 heteroatoms. The van der Waals surface area contributed by atoms with Crippen LogP contribution in [0.5, 0.6) is 0 Å². The Labute approximate surface area is 312 Å². The average molecular weight is 759 g/mol. The molecule has 3 saturated carbocycles. The SMILES string of the molecule is C[C@H](CC[C@H](O)[C@@H](C)[C@H]1[C@@H](O)C[C@H]2[C@@H]3CC=C4C[C@@H](O[C@@H]5O[C@H](CO)[C@@H](O)[C@H](O)[C@H]5O)CC[C@]4(C)[C@H]3CC[C@]12C)CO[C@@H]1O[C@H](CO)[C@@H](O)[C@H](O)[C@H]1O. The van der Waals surface area contributed by atoms with Gasteiger partial charge in [-0.3, -0.25) is 0 Å². The van der Waals surface area contributed by atoms with Crippen LogP contribution in [0.25, 0.3) is 0 Å². The summed E-state index contributed by atoms with van der Waals surface area (Å²) in [6, 6.07) is 0. The van der Waals surface area contributed by atoms with Gasteiger partial charge >= 0.3 is 0 Å². The lowest BCUT2D eigenvalue weighted by Gasteiger charge is -2.58. The van der Waals surface area contributed by atoms with E-state index in [2.05, 4.69) is 26.8 Å². The number of rotatable bonds is 12. The van der Waals surface area contributed by atoms with E-state index in [1.165, 1.54) is 5.57 Å². The van der Waals surface area contributed by atoms with Crippen molar-refractivity contribution < 1.29 is 70.0 Å². The summed E-state index contributed by atoms with van der Waals surface area (Å²) in [5.74, 6) is 0.983. The molecule has 53 heavy (non-hydrogen) atoms. The number of fused-ring (bicyclic) bond motifs is 5. The molecule has 0 radical (unpaired) electrons. The van der Waals surface area contributed by atoms with E-state index < -0.39 is 86.8 Å². The van der Waals surface area contributed by atoms with Gasteiger partial charge in [-0.1, -0.05) is 39.3 Å². The third-order valence-electron chi connectivity index (χ3n) is 14.9. The standard InChI is InChI=1S/C39H66O14/c1-18(17-50-36-34(48)32(46)30(44)27(15-40)52-36)5-8-25(42)19(2)29-26(43)14-24-22-7-6-20-13-21(9-11-38(20,3)23(22)10-12-39(24,29)4)51-37-35(49)33(47)31(45)28(16-41)53-37/h6,18-19,21-37,40-49H,5,7-17H2,1-4H3/t18-,19-,21+,22-,23+,24+,25+,26+,27-,28-,29+,30-,31-,32+,33+,34-,35-,36-,37-,38+,39+/m1/s1. The van der Waals surface area contributed by atoms with Crippen molar-refractivity contribution in [3.05, 3.63) is 11.6 Å². The molecule has 4 aliphatic carbocycles. The molecule has 6 rings (SSSR count). The summed E-state index contributed by atoms with van der Waals surface area (Å²) in [6.07, 6.45) is -5.06. The van der Waals surface area contributed by atoms with E-state index in [9.17, 15) is 51.1 Å². The first-order valence-electron chi connectivity index (χ1n) is 20.0. The van der Waals surface area contributed by atoms with Crippen LogP contribution in [-0.2, 0) is 18.9 Å². The van der Waals surface area contributed by atoms with Crippen LogP contribution < -0.4 is 0 Å². The Bertz CT molecular complexity index is 1250. The Morgan fingerprint density at radius 2 is 1.42 bits per heavy atom. The number of hydrogen-bond donors (Lipinski definition) is 10. The molecule has 14 nitrogen and oxygen atoms in total. The molecule has 0 aromatic rings. The van der Waals surface area contributed by atoms with Crippen LogP contribution in [0.2, 0.25) is 0 Å². The fraction of sp³-hybridized carbons (Fsp3) is 0.949. The molecular weight excluding hydrogens is 692 g/mol. The van der Waals surface area contributed by atoms with Gasteiger partial charge in [-0.2, -0.15) is 0 Å². The summed E-state index contributed by atoms with van der Waals surface area (Å²) in [5, 5.41) is 104. The molecule has 21 atom stereocenters. The molecule has 0 aromatic carbocycles. The highest BCUT2D eigenvalue weighted by Gasteiger charge is 2.62. The van der Waals surface area contributed by atoms with Crippen LogP contribution in [0.15, 0.2) is 11.6 Å². The number of aliphatic hydroxyl groups excluding tert-OH is 10. The van der Waals surface area contributed by atoms with Crippen molar-refractivity contribution >= 4 is 0 Å². The van der Waals surface area contributed by atoms with E-state index in [0.29, 0.717) is 43.4 Å². The molecular formula is C39H66O14. The van der Waals surface area contributed by atoms with Gasteiger partial charge in [-0.25, -0.2) is 0 Å². The highest BCUT2D eigenvalue weighted by atomic mass is 16.7. The lowest BCUT2D eigenvalue weighted by atomic mass is 9.47. The first-order chi connectivity index (χ1) is 25.0. The second kappa shape index (κ2) is 16.6. The molecule has 0 aromatic heterocycles. The summed E-state index contributed by atoms with van der Waals surface area (Å²) < 4.78 is 23.0. The molecule has 10 N–H and O–H groups in total. The van der Waals surface area contributed by atoms with E-state index in [1.807, 2.05) is 6.92 Å². The molecule has 0 bridgehead atoms. The minimum absolute atomic E-state index is 0.0156. The van der Waals surface area contributed by atoms with Gasteiger partial charge in [0.05, 0.1) is 38.1 Å². The Hall–Kier alpha value is -0.820. The average Bonchev–Trinajstić information content (AvgIpc) is 3.42. The summed E-state index contributed by atoms with van der Waals surface area (Å²) in [5.41, 5.74) is 1.19. The van der Waals surface area contributed by atoms with Gasteiger partial charge < -0.3 is 70.0 Å². The highest BCUT2D eigenvalue weighted by molar-refractivity contribution is 5.26. The number of hydrogen-bond acceptors (Lipinski definition) is 14. The maximum Gasteiger partial charge on any atom is 0.186 e. The number of allylic oxidation sites excluding steroid dienone is 1. The zero-order chi connectivity index (χ0) is 38.6. The van der Waals surface area contributed by atoms with Crippen molar-refractivity contribution in [2.75, 3.05) is 19.8 Å². The van der Waals surface area contributed by atoms with Crippen LogP contribution in [-0.4, -0.2) is 151 Å². The molecule has 2 saturated heterocycles. The quantitative estimate of drug-likeness (QED) is 0.118. The minimum Gasteiger partial charge on any atom is -0.394 e. The topological polar surface area (TPSA) is 239 Å². The zero-order valence-electron chi connectivity index (χ0n) is 31.6. The fourth-order valence-corrected chi connectivity index (χ4v) is 11.6. The molecule has 5 fully saturated rings. The Morgan fingerprint density at radius 3 is 2.06 bits per heavy atom. The number of ether oxygens (including phenoxy) is 4. The third kappa shape index (κ3) is 7.77. The Morgan fingerprint density at radius 1 is 0.792 bits per heavy atom. The van der Waals surface area contributed by atoms with E-state index >= 15 is 0 Å². The Kier molecular flexibility index (Phi) is 13.1. The van der Waals surface area contributed by atoms with Crippen molar-refractivity contribution in [1.29, 1.82) is 0 Å². The van der Waals surface area contributed by atoms with Gasteiger partial charge in [0.15, 0.2) is 12.6 Å².